The van der Waals surface area contributed by atoms with E-state index < -0.39 is 0 Å². The molecule has 0 radical (unpaired) electrons. The second-order valence-electron chi connectivity index (χ2n) is 4.17. The van der Waals surface area contributed by atoms with Gasteiger partial charge < -0.3 is 4.90 Å². The molecule has 0 bridgehead atoms. The fourth-order valence-electron chi connectivity index (χ4n) is 1.92. The van der Waals surface area contributed by atoms with Gasteiger partial charge in [-0.1, -0.05) is 7.40 Å². The van der Waals surface area contributed by atoms with Crippen molar-refractivity contribution in [3.05, 3.63) is 0 Å². The summed E-state index contributed by atoms with van der Waals surface area (Å²) >= 11 is 1.92. The molecule has 1 saturated heterocycles. The third-order valence-electron chi connectivity index (χ3n) is 2.73. The van der Waals surface area contributed by atoms with E-state index in [4.69, 9.17) is 1.37 Å². The molecule has 0 aromatic rings. The summed E-state index contributed by atoms with van der Waals surface area (Å²) in [6.45, 7) is 7.89. The molecule has 1 aliphatic rings. The van der Waals surface area contributed by atoms with Crippen LogP contribution < -0.4 is 0 Å². The SMILES string of the molecule is CSCCCN1CCN(CC(C)=O)CC1.[2H]C. The van der Waals surface area contributed by atoms with Crippen LogP contribution in [0.15, 0.2) is 0 Å². The van der Waals surface area contributed by atoms with Crippen molar-refractivity contribution in [3.63, 3.8) is 0 Å². The number of rotatable bonds is 6. The first-order valence-electron chi connectivity index (χ1n) is 6.65. The minimum atomic E-state index is 0.283. The predicted molar refractivity (Wildman–Crippen MR) is 73.3 cm³/mol. The maximum atomic E-state index is 10.9. The van der Waals surface area contributed by atoms with Crippen LogP contribution in [-0.2, 0) is 4.79 Å². The molecule has 0 saturated carbocycles. The number of hydrogen-bond acceptors (Lipinski definition) is 4. The normalized spacial score (nSPS) is 18.6. The fraction of sp³-hybridized carbons (Fsp3) is 0.917. The number of thioether (sulfide) groups is 1. The Kier molecular flexibility index (Phi) is 7.89. The van der Waals surface area contributed by atoms with E-state index in [0.717, 1.165) is 26.2 Å². The average molecular weight is 247 g/mol. The number of nitrogens with zero attached hydrogens (tertiary/aromatic N) is 2. The lowest BCUT2D eigenvalue weighted by Gasteiger charge is -2.34. The van der Waals surface area contributed by atoms with E-state index >= 15 is 0 Å². The Morgan fingerprint density at radius 2 is 1.88 bits per heavy atom. The van der Waals surface area contributed by atoms with Gasteiger partial charge in [0.25, 0.3) is 0 Å². The van der Waals surface area contributed by atoms with Gasteiger partial charge in [-0.05, 0) is 31.9 Å². The fourth-order valence-corrected chi connectivity index (χ4v) is 2.34. The Morgan fingerprint density at radius 3 is 2.38 bits per heavy atom. The zero-order valence-corrected chi connectivity index (χ0v) is 11.7. The summed E-state index contributed by atoms with van der Waals surface area (Å²) in [7, 11) is 1.25. The van der Waals surface area contributed by atoms with E-state index in [1.807, 2.05) is 11.8 Å². The molecule has 1 fully saturated rings. The zero-order chi connectivity index (χ0) is 13.1. The number of piperazine rings is 1. The van der Waals surface area contributed by atoms with Crippen molar-refractivity contribution in [1.82, 2.24) is 9.80 Å². The van der Waals surface area contributed by atoms with E-state index in [9.17, 15) is 4.79 Å². The predicted octanol–water partition coefficient (Wildman–Crippen LogP) is 1.58. The molecule has 0 amide bonds. The van der Waals surface area contributed by atoms with Gasteiger partial charge in [-0.25, -0.2) is 0 Å². The van der Waals surface area contributed by atoms with Gasteiger partial charge in [0.1, 0.15) is 5.78 Å². The van der Waals surface area contributed by atoms with Crippen LogP contribution in [0.4, 0.5) is 0 Å². The third-order valence-corrected chi connectivity index (χ3v) is 3.43. The van der Waals surface area contributed by atoms with Gasteiger partial charge in [-0.2, -0.15) is 11.8 Å². The standard InChI is InChI=1S/C11H22N2OS.CH4/c1-11(14)10-13-7-5-12(6-8-13)4-3-9-15-2;/h3-10H2,1-2H3;1H4/i;1D. The quantitative estimate of drug-likeness (QED) is 0.665. The molecule has 1 rings (SSSR count). The summed E-state index contributed by atoms with van der Waals surface area (Å²) in [6.07, 6.45) is 3.44. The molecule has 3 nitrogen and oxygen atoms in total. The zero-order valence-electron chi connectivity index (χ0n) is 11.9. The Morgan fingerprint density at radius 1 is 1.31 bits per heavy atom. The molecule has 1 aliphatic heterocycles. The van der Waals surface area contributed by atoms with Gasteiger partial charge in [0.15, 0.2) is 0 Å². The highest BCUT2D eigenvalue weighted by molar-refractivity contribution is 7.98. The van der Waals surface area contributed by atoms with E-state index in [2.05, 4.69) is 16.1 Å². The molecular formula is C12H26N2OS. The molecule has 1 heterocycles. The number of Topliss-reactive ketones (excluding diaryl/α,β-unsaturated/α-hetero) is 1. The summed E-state index contributed by atoms with van der Waals surface area (Å²) in [5.74, 6) is 1.54. The lowest BCUT2D eigenvalue weighted by atomic mass is 10.3. The van der Waals surface area contributed by atoms with Crippen LogP contribution in [0.5, 0.6) is 0 Å². The minimum Gasteiger partial charge on any atom is -0.301 e. The van der Waals surface area contributed by atoms with Crippen molar-refractivity contribution in [2.45, 2.75) is 20.7 Å². The van der Waals surface area contributed by atoms with Gasteiger partial charge in [0, 0.05) is 27.5 Å². The molecule has 0 atom stereocenters. The summed E-state index contributed by atoms with van der Waals surface area (Å²) in [5.41, 5.74) is 0. The molecule has 0 aromatic heterocycles. The number of hydrogen-bond donors (Lipinski definition) is 0. The van der Waals surface area contributed by atoms with E-state index in [0.29, 0.717) is 6.54 Å². The van der Waals surface area contributed by atoms with Crippen LogP contribution in [-0.4, -0.2) is 66.9 Å². The number of carbonyl (C=O) groups excluding carboxylic acids is 1. The van der Waals surface area contributed by atoms with E-state index in [1.54, 1.807) is 6.92 Å². The number of carbonyl (C=O) groups is 1. The van der Waals surface area contributed by atoms with Crippen LogP contribution >= 0.6 is 11.8 Å². The monoisotopic (exact) mass is 247 g/mol. The molecular weight excluding hydrogens is 220 g/mol. The van der Waals surface area contributed by atoms with Crippen molar-refractivity contribution < 1.29 is 6.17 Å². The summed E-state index contributed by atoms with van der Waals surface area (Å²) in [5, 5.41) is 0. The van der Waals surface area contributed by atoms with Crippen molar-refractivity contribution in [1.29, 1.82) is 0 Å². The lowest BCUT2D eigenvalue weighted by Crippen LogP contribution is -2.47. The van der Waals surface area contributed by atoms with E-state index in [1.165, 1.54) is 26.1 Å². The maximum Gasteiger partial charge on any atom is 0.143 e. The molecule has 0 N–H and O–H groups in total. The molecule has 0 aliphatic carbocycles. The first-order chi connectivity index (χ1) is 8.22. The molecule has 96 valence electrons. The topological polar surface area (TPSA) is 23.6 Å². The van der Waals surface area contributed by atoms with Gasteiger partial charge in [0.05, 0.1) is 6.54 Å². The Bertz CT molecular complexity index is 197. The summed E-state index contributed by atoms with van der Waals surface area (Å²) in [6, 6.07) is 0. The maximum absolute atomic E-state index is 10.9. The summed E-state index contributed by atoms with van der Waals surface area (Å²) < 4.78 is 5.75. The van der Waals surface area contributed by atoms with Crippen LogP contribution in [0.3, 0.4) is 0 Å². The highest BCUT2D eigenvalue weighted by Crippen LogP contribution is 2.04. The highest BCUT2D eigenvalue weighted by atomic mass is 32.2. The van der Waals surface area contributed by atoms with Crippen LogP contribution in [0.25, 0.3) is 0 Å². The van der Waals surface area contributed by atoms with Crippen molar-refractivity contribution >= 4 is 17.5 Å². The van der Waals surface area contributed by atoms with Crippen molar-refractivity contribution in [3.8, 4) is 0 Å². The molecule has 0 aromatic carbocycles. The highest BCUT2D eigenvalue weighted by Gasteiger charge is 2.16. The van der Waals surface area contributed by atoms with E-state index in [-0.39, 0.29) is 5.78 Å². The van der Waals surface area contributed by atoms with Gasteiger partial charge in [0.2, 0.25) is 0 Å². The van der Waals surface area contributed by atoms with Gasteiger partial charge in [-0.15, -0.1) is 0 Å². The summed E-state index contributed by atoms with van der Waals surface area (Å²) in [4.78, 5) is 15.7. The van der Waals surface area contributed by atoms with Gasteiger partial charge in [-0.3, -0.25) is 9.69 Å². The second-order valence-corrected chi connectivity index (χ2v) is 5.15. The molecule has 0 unspecified atom stereocenters. The first kappa shape index (κ1) is 14.0. The molecule has 0 spiro atoms. The minimum absolute atomic E-state index is 0.283. The Balaban J connectivity index is 0.00000121. The lowest BCUT2D eigenvalue weighted by molar-refractivity contribution is -0.118. The van der Waals surface area contributed by atoms with Crippen LogP contribution in [0.1, 0.15) is 22.1 Å². The molecule has 4 heteroatoms. The van der Waals surface area contributed by atoms with Crippen molar-refractivity contribution in [2.75, 3.05) is 51.3 Å². The first-order valence-corrected chi connectivity index (χ1v) is 7.05. The smallest absolute Gasteiger partial charge is 0.143 e. The third kappa shape index (κ3) is 6.51. The number of ketones is 1. The van der Waals surface area contributed by atoms with Crippen LogP contribution in [0.2, 0.25) is 0 Å². The van der Waals surface area contributed by atoms with Crippen molar-refractivity contribution in [2.24, 2.45) is 0 Å². The Labute approximate surface area is 106 Å². The average Bonchev–Trinajstić information content (AvgIpc) is 2.34. The molecule has 16 heavy (non-hydrogen) atoms. The Hall–Kier alpha value is -0.0600. The van der Waals surface area contributed by atoms with Crippen LogP contribution in [0, 0.1) is 0 Å². The largest absolute Gasteiger partial charge is 0.301 e. The second kappa shape index (κ2) is 9.02. The van der Waals surface area contributed by atoms with Gasteiger partial charge >= 0.3 is 0 Å².